The number of anilines is 2. The molecule has 0 bridgehead atoms. The number of nitrogens with one attached hydrogen (secondary N) is 2. The number of methoxy groups -OCH3 is 1. The molecule has 32 heavy (non-hydrogen) atoms. The number of non-ortho nitro benzene ring substituents is 1. The molecule has 3 aromatic rings. The number of carbonyl (C=O) groups excluding carboxylic acids is 1. The quantitative estimate of drug-likeness (QED) is 0.226. The first-order valence-corrected chi connectivity index (χ1v) is 9.33. The molecule has 0 saturated heterocycles. The van der Waals surface area contributed by atoms with Crippen LogP contribution in [0.4, 0.5) is 17.1 Å². The zero-order valence-corrected chi connectivity index (χ0v) is 16.9. The van der Waals surface area contributed by atoms with Gasteiger partial charge in [-0.3, -0.25) is 14.9 Å². The summed E-state index contributed by atoms with van der Waals surface area (Å²) in [5.41, 5.74) is 0.495. The van der Waals surface area contributed by atoms with Crippen molar-refractivity contribution in [2.75, 3.05) is 17.7 Å². The molecule has 0 aliphatic carbocycles. The number of rotatable bonds is 8. The van der Waals surface area contributed by atoms with Crippen LogP contribution in [-0.4, -0.2) is 17.9 Å². The molecule has 0 aromatic heterocycles. The fourth-order valence-electron chi connectivity index (χ4n) is 2.64. The highest BCUT2D eigenvalue weighted by molar-refractivity contribution is 6.06. The highest BCUT2D eigenvalue weighted by Gasteiger charge is 2.13. The van der Waals surface area contributed by atoms with Crippen LogP contribution < -0.4 is 20.1 Å². The summed E-state index contributed by atoms with van der Waals surface area (Å²) in [5, 5.41) is 25.6. The highest BCUT2D eigenvalue weighted by atomic mass is 16.6. The number of para-hydroxylation sites is 1. The van der Waals surface area contributed by atoms with Gasteiger partial charge in [0.1, 0.15) is 28.9 Å². The molecule has 9 heteroatoms. The average Bonchev–Trinajstić information content (AvgIpc) is 2.81. The summed E-state index contributed by atoms with van der Waals surface area (Å²) in [6.07, 6.45) is 1.20. The van der Waals surface area contributed by atoms with Gasteiger partial charge >= 0.3 is 0 Å². The SMILES string of the molecule is COc1cc([N+](=O)[O-])ccc1N/C=C(/C#N)C(=O)Nc1ccc(Oc2ccccc2)cc1. The van der Waals surface area contributed by atoms with Gasteiger partial charge in [-0.1, -0.05) is 18.2 Å². The number of hydrogen-bond acceptors (Lipinski definition) is 7. The predicted molar refractivity (Wildman–Crippen MR) is 119 cm³/mol. The van der Waals surface area contributed by atoms with E-state index in [4.69, 9.17) is 9.47 Å². The molecule has 0 atom stereocenters. The molecular weight excluding hydrogens is 412 g/mol. The normalized spacial score (nSPS) is 10.6. The third kappa shape index (κ3) is 5.61. The lowest BCUT2D eigenvalue weighted by Gasteiger charge is -2.09. The molecule has 0 fully saturated rings. The summed E-state index contributed by atoms with van der Waals surface area (Å²) in [5.74, 6) is 0.851. The summed E-state index contributed by atoms with van der Waals surface area (Å²) in [4.78, 5) is 22.8. The van der Waals surface area contributed by atoms with Gasteiger partial charge in [-0.2, -0.15) is 5.26 Å². The standard InChI is InChI=1S/C23H18N4O5/c1-31-22-13-18(27(29)30)9-12-21(22)25-15-16(14-24)23(28)26-17-7-10-20(11-8-17)32-19-5-3-2-4-6-19/h2-13,15,25H,1H3,(H,26,28)/b16-15-. The fourth-order valence-corrected chi connectivity index (χ4v) is 2.64. The van der Waals surface area contributed by atoms with E-state index in [9.17, 15) is 20.2 Å². The zero-order valence-electron chi connectivity index (χ0n) is 16.9. The van der Waals surface area contributed by atoms with E-state index < -0.39 is 10.8 Å². The Morgan fingerprint density at radius 1 is 1.06 bits per heavy atom. The Hall–Kier alpha value is -4.84. The number of benzene rings is 3. The topological polar surface area (TPSA) is 127 Å². The molecule has 0 radical (unpaired) electrons. The lowest BCUT2D eigenvalue weighted by Crippen LogP contribution is -2.14. The maximum absolute atomic E-state index is 12.4. The Morgan fingerprint density at radius 2 is 1.75 bits per heavy atom. The minimum Gasteiger partial charge on any atom is -0.494 e. The lowest BCUT2D eigenvalue weighted by molar-refractivity contribution is -0.384. The van der Waals surface area contributed by atoms with Gasteiger partial charge in [0.15, 0.2) is 0 Å². The summed E-state index contributed by atoms with van der Waals surface area (Å²) in [7, 11) is 1.36. The van der Waals surface area contributed by atoms with E-state index in [1.807, 2.05) is 36.4 Å². The van der Waals surface area contributed by atoms with Gasteiger partial charge in [0.2, 0.25) is 0 Å². The molecule has 0 saturated carbocycles. The molecular formula is C23H18N4O5. The molecule has 1 amide bonds. The molecule has 0 spiro atoms. The van der Waals surface area contributed by atoms with Crippen molar-refractivity contribution >= 4 is 23.0 Å². The van der Waals surface area contributed by atoms with Crippen molar-refractivity contribution in [3.05, 3.63) is 94.7 Å². The van der Waals surface area contributed by atoms with Gasteiger partial charge in [0.05, 0.1) is 23.8 Å². The van der Waals surface area contributed by atoms with Gasteiger partial charge in [-0.05, 0) is 42.5 Å². The van der Waals surface area contributed by atoms with Crippen molar-refractivity contribution in [1.29, 1.82) is 5.26 Å². The van der Waals surface area contributed by atoms with Crippen LogP contribution in [0.5, 0.6) is 17.2 Å². The minimum atomic E-state index is -0.627. The van der Waals surface area contributed by atoms with E-state index in [1.54, 1.807) is 24.3 Å². The summed E-state index contributed by atoms with van der Waals surface area (Å²) in [6, 6.07) is 21.7. The number of nitriles is 1. The van der Waals surface area contributed by atoms with Crippen molar-refractivity contribution in [2.24, 2.45) is 0 Å². The van der Waals surface area contributed by atoms with Gasteiger partial charge in [-0.15, -0.1) is 0 Å². The van der Waals surface area contributed by atoms with Crippen molar-refractivity contribution in [2.45, 2.75) is 0 Å². The molecule has 0 unspecified atom stereocenters. The fraction of sp³-hybridized carbons (Fsp3) is 0.0435. The first-order valence-electron chi connectivity index (χ1n) is 9.33. The molecule has 3 rings (SSSR count). The maximum atomic E-state index is 12.4. The smallest absolute Gasteiger partial charge is 0.273 e. The Labute approximate surface area is 183 Å². The van der Waals surface area contributed by atoms with Gasteiger partial charge in [-0.25, -0.2) is 0 Å². The average molecular weight is 430 g/mol. The first-order chi connectivity index (χ1) is 15.5. The van der Waals surface area contributed by atoms with Crippen LogP contribution in [0, 0.1) is 21.4 Å². The van der Waals surface area contributed by atoms with E-state index in [2.05, 4.69) is 10.6 Å². The number of amides is 1. The Bertz CT molecular complexity index is 1190. The molecule has 0 aliphatic heterocycles. The number of nitro benzene ring substituents is 1. The predicted octanol–water partition coefficient (Wildman–Crippen LogP) is 4.85. The first kappa shape index (κ1) is 21.9. The van der Waals surface area contributed by atoms with Crippen LogP contribution in [-0.2, 0) is 4.79 Å². The largest absolute Gasteiger partial charge is 0.494 e. The number of carbonyl (C=O) groups is 1. The van der Waals surface area contributed by atoms with Crippen molar-refractivity contribution in [1.82, 2.24) is 0 Å². The van der Waals surface area contributed by atoms with E-state index in [-0.39, 0.29) is 17.0 Å². The van der Waals surface area contributed by atoms with Crippen molar-refractivity contribution in [3.63, 3.8) is 0 Å². The molecule has 9 nitrogen and oxygen atoms in total. The summed E-state index contributed by atoms with van der Waals surface area (Å²) < 4.78 is 10.8. The molecule has 3 aromatic carbocycles. The third-order valence-electron chi connectivity index (χ3n) is 4.22. The highest BCUT2D eigenvalue weighted by Crippen LogP contribution is 2.29. The van der Waals surface area contributed by atoms with Gasteiger partial charge in [0, 0.05) is 18.0 Å². The number of nitro groups is 1. The summed E-state index contributed by atoms with van der Waals surface area (Å²) >= 11 is 0. The Morgan fingerprint density at radius 3 is 2.38 bits per heavy atom. The number of nitrogens with zero attached hydrogens (tertiary/aromatic N) is 2. The monoisotopic (exact) mass is 430 g/mol. The number of hydrogen-bond donors (Lipinski definition) is 2. The van der Waals surface area contributed by atoms with E-state index in [0.29, 0.717) is 22.9 Å². The van der Waals surface area contributed by atoms with E-state index >= 15 is 0 Å². The molecule has 2 N–H and O–H groups in total. The van der Waals surface area contributed by atoms with Crippen LogP contribution >= 0.6 is 0 Å². The third-order valence-corrected chi connectivity index (χ3v) is 4.22. The Balaban J connectivity index is 1.66. The van der Waals surface area contributed by atoms with Crippen LogP contribution in [0.15, 0.2) is 84.6 Å². The Kier molecular flexibility index (Phi) is 7.01. The van der Waals surface area contributed by atoms with E-state index in [0.717, 1.165) is 0 Å². The zero-order chi connectivity index (χ0) is 22.9. The summed E-state index contributed by atoms with van der Waals surface area (Å²) in [6.45, 7) is 0. The van der Waals surface area contributed by atoms with E-state index in [1.165, 1.54) is 31.5 Å². The lowest BCUT2D eigenvalue weighted by atomic mass is 10.2. The second-order valence-electron chi connectivity index (χ2n) is 6.35. The van der Waals surface area contributed by atoms with Crippen LogP contribution in [0.1, 0.15) is 0 Å². The van der Waals surface area contributed by atoms with Crippen LogP contribution in [0.3, 0.4) is 0 Å². The molecule has 0 heterocycles. The second kappa shape index (κ2) is 10.3. The van der Waals surface area contributed by atoms with Crippen molar-refractivity contribution < 1.29 is 19.2 Å². The van der Waals surface area contributed by atoms with Gasteiger partial charge < -0.3 is 20.1 Å². The minimum absolute atomic E-state index is 0.144. The maximum Gasteiger partial charge on any atom is 0.273 e. The van der Waals surface area contributed by atoms with Gasteiger partial charge in [0.25, 0.3) is 11.6 Å². The van der Waals surface area contributed by atoms with Crippen LogP contribution in [0.25, 0.3) is 0 Å². The van der Waals surface area contributed by atoms with Crippen molar-refractivity contribution in [3.8, 4) is 23.3 Å². The second-order valence-corrected chi connectivity index (χ2v) is 6.35. The number of ether oxygens (including phenoxy) is 2. The molecule has 0 aliphatic rings. The van der Waals surface area contributed by atoms with Crippen LogP contribution in [0.2, 0.25) is 0 Å². The molecule has 160 valence electrons.